The fourth-order valence-corrected chi connectivity index (χ4v) is 0.162. The van der Waals surface area contributed by atoms with Crippen LogP contribution in [0.2, 0.25) is 0 Å². The number of hydrogen-bond acceptors (Lipinski definition) is 4. The summed E-state index contributed by atoms with van der Waals surface area (Å²) < 4.78 is 4.23. The topological polar surface area (TPSA) is 81.6 Å². The Kier molecular flexibility index (Phi) is 2.90. The Balaban J connectivity index is 3.33. The van der Waals surface area contributed by atoms with Gasteiger partial charge in [0, 0.05) is 0 Å². The first-order valence-corrected chi connectivity index (χ1v) is 1.94. The molecule has 0 heterocycles. The van der Waals surface area contributed by atoms with Crippen LogP contribution < -0.4 is 11.7 Å². The molecule has 47 valence electrons. The predicted molar refractivity (Wildman–Crippen MR) is 26.9 cm³/mol. The Bertz CT molecular complexity index is 82.6. The van der Waals surface area contributed by atoms with Crippen LogP contribution in [0.5, 0.6) is 0 Å². The van der Waals surface area contributed by atoms with Gasteiger partial charge in [-0.25, -0.2) is 16.5 Å². The quantitative estimate of drug-likeness (QED) is 0.263. The van der Waals surface area contributed by atoms with Crippen LogP contribution in [-0.4, -0.2) is 17.8 Å². The van der Waals surface area contributed by atoms with E-state index in [1.807, 2.05) is 0 Å². The molecule has 4 N–H and O–H groups in total. The number of hydrazine groups is 2. The van der Waals surface area contributed by atoms with Crippen molar-refractivity contribution in [2.45, 2.75) is 0 Å². The summed E-state index contributed by atoms with van der Waals surface area (Å²) in [5.74, 6) is 9.46. The van der Waals surface area contributed by atoms with Crippen molar-refractivity contribution in [3.05, 3.63) is 6.92 Å². The number of carbonyl (C=O) groups is 1. The predicted octanol–water partition coefficient (Wildman–Crippen LogP) is -0.994. The molecule has 0 atom stereocenters. The number of amides is 1. The standard InChI is InChI=1S/C3H8N3O2/c1-2-8-3(7)6(4)5/h1-2,4-5H2. The first-order valence-electron chi connectivity index (χ1n) is 1.94. The zero-order valence-electron chi connectivity index (χ0n) is 4.33. The van der Waals surface area contributed by atoms with Crippen molar-refractivity contribution in [2.75, 3.05) is 6.61 Å². The fraction of sp³-hybridized carbons (Fsp3) is 0.333. The smallest absolute Gasteiger partial charge is 0.439 e. The molecule has 0 aromatic heterocycles. The average Bonchev–Trinajstić information content (AvgIpc) is 1.67. The van der Waals surface area contributed by atoms with Crippen molar-refractivity contribution < 1.29 is 9.53 Å². The monoisotopic (exact) mass is 118 g/mol. The van der Waals surface area contributed by atoms with E-state index in [9.17, 15) is 4.79 Å². The van der Waals surface area contributed by atoms with E-state index in [-0.39, 0.29) is 6.61 Å². The third-order valence-electron chi connectivity index (χ3n) is 0.436. The molecule has 0 rings (SSSR count). The molecule has 5 heteroatoms. The molecule has 0 aliphatic carbocycles. The van der Waals surface area contributed by atoms with Crippen molar-refractivity contribution in [3.63, 3.8) is 0 Å². The molecule has 0 saturated heterocycles. The second-order valence-electron chi connectivity index (χ2n) is 1.02. The molecule has 0 aromatic carbocycles. The van der Waals surface area contributed by atoms with Gasteiger partial charge < -0.3 is 4.74 Å². The van der Waals surface area contributed by atoms with E-state index in [1.165, 1.54) is 0 Å². The van der Waals surface area contributed by atoms with Crippen molar-refractivity contribution in [2.24, 2.45) is 11.7 Å². The lowest BCUT2D eigenvalue weighted by molar-refractivity contribution is 0.112. The van der Waals surface area contributed by atoms with Crippen molar-refractivity contribution in [3.8, 4) is 0 Å². The van der Waals surface area contributed by atoms with Crippen LogP contribution in [-0.2, 0) is 4.74 Å². The van der Waals surface area contributed by atoms with Gasteiger partial charge >= 0.3 is 6.09 Å². The Morgan fingerprint density at radius 1 is 1.75 bits per heavy atom. The summed E-state index contributed by atoms with van der Waals surface area (Å²) in [7, 11) is 0. The normalized spacial score (nSPS) is 8.38. The van der Waals surface area contributed by atoms with Gasteiger partial charge in [0.25, 0.3) is 0 Å². The van der Waals surface area contributed by atoms with E-state index in [1.54, 1.807) is 0 Å². The minimum atomic E-state index is -0.792. The van der Waals surface area contributed by atoms with E-state index >= 15 is 0 Å². The number of nitrogens with zero attached hydrogens (tertiary/aromatic N) is 1. The molecule has 0 bridgehead atoms. The molecule has 0 spiro atoms. The van der Waals surface area contributed by atoms with Crippen molar-refractivity contribution in [1.29, 1.82) is 0 Å². The van der Waals surface area contributed by atoms with E-state index in [0.717, 1.165) is 0 Å². The van der Waals surface area contributed by atoms with Gasteiger partial charge in [-0.2, -0.15) is 5.12 Å². The van der Waals surface area contributed by atoms with Gasteiger partial charge in [-0.05, 0) is 6.92 Å². The Labute approximate surface area is 47.1 Å². The van der Waals surface area contributed by atoms with Crippen LogP contribution >= 0.6 is 0 Å². The van der Waals surface area contributed by atoms with Crippen LogP contribution in [0.15, 0.2) is 0 Å². The summed E-state index contributed by atoms with van der Waals surface area (Å²) >= 11 is 0. The summed E-state index contributed by atoms with van der Waals surface area (Å²) in [6, 6.07) is 0. The maximum atomic E-state index is 10.2. The van der Waals surface area contributed by atoms with Gasteiger partial charge in [-0.3, -0.25) is 0 Å². The van der Waals surface area contributed by atoms with Gasteiger partial charge in [-0.15, -0.1) is 0 Å². The first-order chi connectivity index (χ1) is 3.68. The van der Waals surface area contributed by atoms with E-state index in [4.69, 9.17) is 11.7 Å². The van der Waals surface area contributed by atoms with Crippen LogP contribution in [0, 0.1) is 6.92 Å². The Hall–Kier alpha value is -0.810. The third-order valence-corrected chi connectivity index (χ3v) is 0.436. The molecule has 8 heavy (non-hydrogen) atoms. The lowest BCUT2D eigenvalue weighted by Crippen LogP contribution is -2.43. The van der Waals surface area contributed by atoms with Crippen LogP contribution in [0.25, 0.3) is 0 Å². The molecule has 1 radical (unpaired) electrons. The summed E-state index contributed by atoms with van der Waals surface area (Å²) in [4.78, 5) is 10.2. The van der Waals surface area contributed by atoms with Crippen molar-refractivity contribution in [1.82, 2.24) is 5.12 Å². The largest absolute Gasteiger partial charge is 0.448 e. The first kappa shape index (κ1) is 7.19. The zero-order chi connectivity index (χ0) is 6.57. The lowest BCUT2D eigenvalue weighted by atomic mass is 10.9. The van der Waals surface area contributed by atoms with Gasteiger partial charge in [0.2, 0.25) is 0 Å². The lowest BCUT2D eigenvalue weighted by Gasteiger charge is -2.06. The Morgan fingerprint density at radius 3 is 2.38 bits per heavy atom. The summed E-state index contributed by atoms with van der Waals surface area (Å²) in [5.41, 5.74) is 0. The number of hydrogen-bond donors (Lipinski definition) is 2. The third kappa shape index (κ3) is 2.38. The maximum Gasteiger partial charge on any atom is 0.439 e. The van der Waals surface area contributed by atoms with Gasteiger partial charge in [0.15, 0.2) is 0 Å². The highest BCUT2D eigenvalue weighted by molar-refractivity contribution is 5.65. The minimum absolute atomic E-state index is 0.0315. The van der Waals surface area contributed by atoms with Crippen LogP contribution in [0.4, 0.5) is 4.79 Å². The maximum absolute atomic E-state index is 10.2. The molecule has 0 saturated carbocycles. The molecule has 1 amide bonds. The van der Waals surface area contributed by atoms with E-state index in [0.29, 0.717) is 5.12 Å². The summed E-state index contributed by atoms with van der Waals surface area (Å²) in [5, 5.41) is 0.352. The van der Waals surface area contributed by atoms with Gasteiger partial charge in [0.05, 0.1) is 6.61 Å². The van der Waals surface area contributed by atoms with Gasteiger partial charge in [-0.1, -0.05) is 0 Å². The second kappa shape index (κ2) is 3.23. The second-order valence-corrected chi connectivity index (χ2v) is 1.02. The average molecular weight is 118 g/mol. The molecule has 0 aliphatic heterocycles. The highest BCUT2D eigenvalue weighted by Crippen LogP contribution is 1.76. The number of rotatable bonds is 1. The summed E-state index contributed by atoms with van der Waals surface area (Å²) in [6.45, 7) is 3.26. The number of ether oxygens (including phenoxy) is 1. The van der Waals surface area contributed by atoms with E-state index < -0.39 is 6.09 Å². The summed E-state index contributed by atoms with van der Waals surface area (Å²) in [6.07, 6.45) is -0.792. The van der Waals surface area contributed by atoms with E-state index in [2.05, 4.69) is 11.7 Å². The highest BCUT2D eigenvalue weighted by Gasteiger charge is 2.01. The van der Waals surface area contributed by atoms with Gasteiger partial charge in [0.1, 0.15) is 0 Å². The number of nitrogens with two attached hydrogens (primary N) is 2. The molecular formula is C3H8N3O2. The Morgan fingerprint density at radius 2 is 2.25 bits per heavy atom. The highest BCUT2D eigenvalue weighted by atomic mass is 16.6. The SMILES string of the molecule is [CH2]COC(=O)N(N)N. The molecule has 5 nitrogen and oxygen atoms in total. The van der Waals surface area contributed by atoms with Crippen LogP contribution in [0.3, 0.4) is 0 Å². The molecular weight excluding hydrogens is 110 g/mol. The molecule has 0 unspecified atom stereocenters. The molecule has 0 fully saturated rings. The van der Waals surface area contributed by atoms with Crippen LogP contribution in [0.1, 0.15) is 0 Å². The molecule has 0 aliphatic rings. The number of carbonyl (C=O) groups excluding carboxylic acids is 1. The van der Waals surface area contributed by atoms with Crippen molar-refractivity contribution >= 4 is 6.09 Å². The fourth-order valence-electron chi connectivity index (χ4n) is 0.162. The zero-order valence-corrected chi connectivity index (χ0v) is 4.33. The molecule has 0 aromatic rings. The minimum Gasteiger partial charge on any atom is -0.448 e.